The Bertz CT molecular complexity index is 3730. The number of aromatic nitrogens is 4. The molecule has 0 amide bonds. The first kappa shape index (κ1) is 38.1. The smallest absolute Gasteiger partial charge is 0.187 e. The molecule has 304 valence electrons. The van der Waals surface area contributed by atoms with Crippen LogP contribution in [0.15, 0.2) is 200 Å². The van der Waals surface area contributed by atoms with Gasteiger partial charge in [-0.3, -0.25) is 4.98 Å². The van der Waals surface area contributed by atoms with Crippen LogP contribution >= 0.6 is 0 Å². The SMILES string of the molecule is [C-]#[N+]c1ccc(-c2ccc(-c3cc4c5cccnc5c(-c5cccc(-c6nc(-c7ccccc7)nc(-c7ccc8c(c7)C(C)(C)c7ccccc7-8)n6)c5)cc4c4ccccc34)cc2)cc1. The van der Waals surface area contributed by atoms with Crippen molar-refractivity contribution in [2.75, 3.05) is 0 Å². The number of hydrogen-bond donors (Lipinski definition) is 0. The highest BCUT2D eigenvalue weighted by molar-refractivity contribution is 6.23. The van der Waals surface area contributed by atoms with E-state index in [9.17, 15) is 0 Å². The molecule has 0 saturated heterocycles. The molecule has 0 unspecified atom stereocenters. The van der Waals surface area contributed by atoms with E-state index >= 15 is 0 Å². The Hall–Kier alpha value is -8.59. The van der Waals surface area contributed by atoms with Gasteiger partial charge in [0.15, 0.2) is 23.2 Å². The van der Waals surface area contributed by atoms with Gasteiger partial charge in [0.1, 0.15) is 0 Å². The molecule has 0 N–H and O–H groups in total. The molecule has 5 heteroatoms. The van der Waals surface area contributed by atoms with Crippen LogP contribution in [-0.2, 0) is 5.41 Å². The third-order valence-electron chi connectivity index (χ3n) is 13.2. The molecular weight excluding hydrogens is 791 g/mol. The standard InChI is InChI=1S/C60H39N5/c1-60(2)54-21-10-9-19-47(54)48-31-28-43(34-55(48)60)59-64-57(40-13-5-4-6-14-40)63-58(65-59)42-16-11-15-41(33-42)51-36-52-46-18-8-7-17-45(46)50(35-53(52)49-20-12-32-62-56(49)51)39-24-22-37(23-25-39)38-26-29-44(61-3)30-27-38/h4-36H,1-2H3. The van der Waals surface area contributed by atoms with E-state index in [0.717, 1.165) is 66.2 Å². The van der Waals surface area contributed by atoms with Crippen LogP contribution in [0.5, 0.6) is 0 Å². The van der Waals surface area contributed by atoms with E-state index < -0.39 is 0 Å². The minimum absolute atomic E-state index is 0.155. The predicted molar refractivity (Wildman–Crippen MR) is 267 cm³/mol. The van der Waals surface area contributed by atoms with Crippen LogP contribution in [0.3, 0.4) is 0 Å². The van der Waals surface area contributed by atoms with Crippen molar-refractivity contribution in [1.82, 2.24) is 19.9 Å². The van der Waals surface area contributed by atoms with Crippen LogP contribution in [-0.4, -0.2) is 19.9 Å². The van der Waals surface area contributed by atoms with Gasteiger partial charge in [0.2, 0.25) is 0 Å². The highest BCUT2D eigenvalue weighted by atomic mass is 15.0. The maximum absolute atomic E-state index is 7.33. The molecular formula is C60H39N5. The Morgan fingerprint density at radius 3 is 1.69 bits per heavy atom. The van der Waals surface area contributed by atoms with Crippen molar-refractivity contribution in [2.45, 2.75) is 19.3 Å². The van der Waals surface area contributed by atoms with Crippen LogP contribution in [0.1, 0.15) is 25.0 Å². The molecule has 0 aliphatic heterocycles. The maximum Gasteiger partial charge on any atom is 0.187 e. The number of fused-ring (bicyclic) bond motifs is 8. The third-order valence-corrected chi connectivity index (χ3v) is 13.2. The van der Waals surface area contributed by atoms with Gasteiger partial charge in [0.25, 0.3) is 0 Å². The normalized spacial score (nSPS) is 12.6. The molecule has 2 aromatic heterocycles. The van der Waals surface area contributed by atoms with Gasteiger partial charge in [-0.2, -0.15) is 0 Å². The molecule has 65 heavy (non-hydrogen) atoms. The minimum Gasteiger partial charge on any atom is -0.256 e. The van der Waals surface area contributed by atoms with E-state index in [1.54, 1.807) is 0 Å². The number of hydrogen-bond acceptors (Lipinski definition) is 4. The lowest BCUT2D eigenvalue weighted by Crippen LogP contribution is -2.15. The van der Waals surface area contributed by atoms with E-state index in [2.05, 4.69) is 164 Å². The summed E-state index contributed by atoms with van der Waals surface area (Å²) in [5.41, 5.74) is 15.9. The quantitative estimate of drug-likeness (QED) is 0.124. The topological polar surface area (TPSA) is 55.9 Å². The van der Waals surface area contributed by atoms with Crippen molar-refractivity contribution in [3.8, 4) is 78.7 Å². The molecule has 0 bridgehead atoms. The number of nitrogens with zero attached hydrogens (tertiary/aromatic N) is 5. The number of benzene rings is 9. The average molecular weight is 830 g/mol. The monoisotopic (exact) mass is 829 g/mol. The Balaban J connectivity index is 0.987. The predicted octanol–water partition coefficient (Wildman–Crippen LogP) is 15.6. The molecule has 9 aromatic carbocycles. The van der Waals surface area contributed by atoms with Gasteiger partial charge in [0.05, 0.1) is 12.1 Å². The van der Waals surface area contributed by atoms with E-state index in [1.807, 2.05) is 54.7 Å². The summed E-state index contributed by atoms with van der Waals surface area (Å²) in [6.07, 6.45) is 1.88. The lowest BCUT2D eigenvalue weighted by molar-refractivity contribution is 0.660. The molecule has 0 atom stereocenters. The lowest BCUT2D eigenvalue weighted by Gasteiger charge is -2.21. The Morgan fingerprint density at radius 2 is 0.923 bits per heavy atom. The number of pyridine rings is 1. The molecule has 2 heterocycles. The van der Waals surface area contributed by atoms with Crippen LogP contribution in [0.2, 0.25) is 0 Å². The van der Waals surface area contributed by atoms with Gasteiger partial charge in [-0.25, -0.2) is 19.8 Å². The summed E-state index contributed by atoms with van der Waals surface area (Å²) in [5, 5.41) is 5.76. The van der Waals surface area contributed by atoms with Crippen LogP contribution in [0.25, 0.3) is 116 Å². The maximum atomic E-state index is 7.33. The highest BCUT2D eigenvalue weighted by Gasteiger charge is 2.35. The van der Waals surface area contributed by atoms with Crippen molar-refractivity contribution in [1.29, 1.82) is 0 Å². The molecule has 1 aliphatic rings. The summed E-state index contributed by atoms with van der Waals surface area (Å²) in [6.45, 7) is 11.9. The summed E-state index contributed by atoms with van der Waals surface area (Å²) < 4.78 is 0. The summed E-state index contributed by atoms with van der Waals surface area (Å²) >= 11 is 0. The summed E-state index contributed by atoms with van der Waals surface area (Å²) in [7, 11) is 0. The lowest BCUT2D eigenvalue weighted by atomic mass is 9.82. The van der Waals surface area contributed by atoms with Gasteiger partial charge >= 0.3 is 0 Å². The molecule has 12 rings (SSSR count). The zero-order valence-corrected chi connectivity index (χ0v) is 35.8. The minimum atomic E-state index is -0.155. The van der Waals surface area contributed by atoms with Gasteiger partial charge < -0.3 is 0 Å². The van der Waals surface area contributed by atoms with Crippen molar-refractivity contribution in [2.24, 2.45) is 0 Å². The van der Waals surface area contributed by atoms with E-state index in [-0.39, 0.29) is 5.41 Å². The van der Waals surface area contributed by atoms with E-state index in [4.69, 9.17) is 26.5 Å². The first-order valence-corrected chi connectivity index (χ1v) is 21.9. The second kappa shape index (κ2) is 15.0. The molecule has 0 spiro atoms. The fourth-order valence-electron chi connectivity index (χ4n) is 9.88. The summed E-state index contributed by atoms with van der Waals surface area (Å²) in [4.78, 5) is 24.1. The average Bonchev–Trinajstić information content (AvgIpc) is 3.61. The first-order valence-electron chi connectivity index (χ1n) is 21.9. The molecule has 5 nitrogen and oxygen atoms in total. The van der Waals surface area contributed by atoms with Gasteiger partial charge in [-0.1, -0.05) is 178 Å². The molecule has 11 aromatic rings. The zero-order valence-electron chi connectivity index (χ0n) is 35.8. The molecule has 0 radical (unpaired) electrons. The van der Waals surface area contributed by atoms with Crippen LogP contribution < -0.4 is 0 Å². The van der Waals surface area contributed by atoms with Gasteiger partial charge in [-0.15, -0.1) is 0 Å². The molecule has 0 fully saturated rings. The fourth-order valence-corrected chi connectivity index (χ4v) is 9.88. The first-order chi connectivity index (χ1) is 31.9. The van der Waals surface area contributed by atoms with Crippen LogP contribution in [0, 0.1) is 6.57 Å². The summed E-state index contributed by atoms with van der Waals surface area (Å²) in [6, 6.07) is 68.1. The second-order valence-corrected chi connectivity index (χ2v) is 17.3. The van der Waals surface area contributed by atoms with Crippen LogP contribution in [0.4, 0.5) is 5.69 Å². The Labute approximate surface area is 377 Å². The third kappa shape index (κ3) is 6.38. The van der Waals surface area contributed by atoms with Crippen molar-refractivity contribution < 1.29 is 0 Å². The van der Waals surface area contributed by atoms with Gasteiger partial charge in [-0.05, 0) is 102 Å². The van der Waals surface area contributed by atoms with E-state index in [1.165, 1.54) is 38.6 Å². The van der Waals surface area contributed by atoms with Gasteiger partial charge in [0, 0.05) is 39.3 Å². The van der Waals surface area contributed by atoms with Crippen molar-refractivity contribution in [3.05, 3.63) is 223 Å². The van der Waals surface area contributed by atoms with Crippen molar-refractivity contribution >= 4 is 38.1 Å². The molecule has 1 aliphatic carbocycles. The molecule has 0 saturated carbocycles. The second-order valence-electron chi connectivity index (χ2n) is 17.3. The number of rotatable bonds is 6. The fraction of sp³-hybridized carbons (Fsp3) is 0.0500. The Morgan fingerprint density at radius 1 is 0.369 bits per heavy atom. The largest absolute Gasteiger partial charge is 0.256 e. The van der Waals surface area contributed by atoms with E-state index in [0.29, 0.717) is 23.2 Å². The summed E-state index contributed by atoms with van der Waals surface area (Å²) in [5.74, 6) is 1.88. The highest BCUT2D eigenvalue weighted by Crippen LogP contribution is 2.49. The van der Waals surface area contributed by atoms with Crippen molar-refractivity contribution in [3.63, 3.8) is 0 Å². The Kier molecular flexibility index (Phi) is 8.82. The zero-order chi connectivity index (χ0) is 43.6.